The van der Waals surface area contributed by atoms with E-state index >= 15 is 0 Å². The third-order valence-electron chi connectivity index (χ3n) is 2.06. The minimum absolute atomic E-state index is 0.0661. The first kappa shape index (κ1) is 15.2. The SMILES string of the molecule is CN(CCO)C(=O)N[C@@H](CCC(N)=O)C(=O)O. The molecule has 0 saturated heterocycles. The molecule has 0 unspecified atom stereocenters. The number of aliphatic hydroxyl groups excluding tert-OH is 1. The van der Waals surface area contributed by atoms with Gasteiger partial charge in [0.05, 0.1) is 6.61 Å². The third-order valence-corrected chi connectivity index (χ3v) is 2.06. The van der Waals surface area contributed by atoms with Crippen LogP contribution in [0.3, 0.4) is 0 Å². The van der Waals surface area contributed by atoms with Gasteiger partial charge < -0.3 is 26.2 Å². The summed E-state index contributed by atoms with van der Waals surface area (Å²) >= 11 is 0. The van der Waals surface area contributed by atoms with Gasteiger partial charge in [-0.25, -0.2) is 9.59 Å². The summed E-state index contributed by atoms with van der Waals surface area (Å²) < 4.78 is 0. The zero-order chi connectivity index (χ0) is 13.4. The summed E-state index contributed by atoms with van der Waals surface area (Å²) in [4.78, 5) is 33.9. The number of hydrogen-bond acceptors (Lipinski definition) is 4. The van der Waals surface area contributed by atoms with Gasteiger partial charge in [0.15, 0.2) is 0 Å². The Bertz CT molecular complexity index is 294. The first-order chi connectivity index (χ1) is 7.88. The van der Waals surface area contributed by atoms with Crippen molar-refractivity contribution in [1.82, 2.24) is 10.2 Å². The first-order valence-electron chi connectivity index (χ1n) is 5.02. The second kappa shape index (κ2) is 7.44. The van der Waals surface area contributed by atoms with Crippen molar-refractivity contribution in [2.45, 2.75) is 18.9 Å². The lowest BCUT2D eigenvalue weighted by molar-refractivity contribution is -0.139. The van der Waals surface area contributed by atoms with Gasteiger partial charge in [0.2, 0.25) is 5.91 Å². The molecule has 0 saturated carbocycles. The number of rotatable bonds is 7. The maximum Gasteiger partial charge on any atom is 0.326 e. The largest absolute Gasteiger partial charge is 0.480 e. The average Bonchev–Trinajstić information content (AvgIpc) is 2.23. The maximum absolute atomic E-state index is 11.4. The van der Waals surface area contributed by atoms with Gasteiger partial charge in [-0.1, -0.05) is 0 Å². The molecule has 3 amide bonds. The number of hydrogen-bond donors (Lipinski definition) is 4. The molecule has 8 nitrogen and oxygen atoms in total. The van der Waals surface area contributed by atoms with E-state index in [1.165, 1.54) is 7.05 Å². The second-order valence-corrected chi connectivity index (χ2v) is 3.49. The number of primary amides is 1. The van der Waals surface area contributed by atoms with Crippen LogP contribution in [0, 0.1) is 0 Å². The number of nitrogens with two attached hydrogens (primary N) is 1. The highest BCUT2D eigenvalue weighted by atomic mass is 16.4. The number of amides is 3. The van der Waals surface area contributed by atoms with Gasteiger partial charge in [-0.15, -0.1) is 0 Å². The Morgan fingerprint density at radius 3 is 2.41 bits per heavy atom. The summed E-state index contributed by atoms with van der Waals surface area (Å²) in [6, 6.07) is -1.80. The first-order valence-corrected chi connectivity index (χ1v) is 5.02. The number of carbonyl (C=O) groups excluding carboxylic acids is 2. The van der Waals surface area contributed by atoms with Crippen LogP contribution in [-0.4, -0.2) is 59.3 Å². The molecular weight excluding hydrogens is 230 g/mol. The molecule has 0 aromatic heterocycles. The van der Waals surface area contributed by atoms with Gasteiger partial charge in [0.1, 0.15) is 6.04 Å². The molecule has 0 aliphatic carbocycles. The van der Waals surface area contributed by atoms with Crippen LogP contribution in [0.5, 0.6) is 0 Å². The highest BCUT2D eigenvalue weighted by molar-refractivity contribution is 5.83. The standard InChI is InChI=1S/C9H17N3O5/c1-12(4-5-13)9(17)11-6(8(15)16)2-3-7(10)14/h6,13H,2-5H2,1H3,(H2,10,14)(H,11,17)(H,15,16)/t6-/m0/s1. The number of aliphatic carboxylic acids is 1. The number of nitrogens with one attached hydrogen (secondary N) is 1. The van der Waals surface area contributed by atoms with E-state index in [9.17, 15) is 14.4 Å². The second-order valence-electron chi connectivity index (χ2n) is 3.49. The Kier molecular flexibility index (Phi) is 6.64. The third kappa shape index (κ3) is 6.36. The van der Waals surface area contributed by atoms with E-state index in [1.807, 2.05) is 0 Å². The summed E-state index contributed by atoms with van der Waals surface area (Å²) in [6.07, 6.45) is -0.190. The average molecular weight is 247 g/mol. The Balaban J connectivity index is 4.29. The van der Waals surface area contributed by atoms with Crippen molar-refractivity contribution in [3.8, 4) is 0 Å². The van der Waals surface area contributed by atoms with Crippen LogP contribution in [0.2, 0.25) is 0 Å². The van der Waals surface area contributed by atoms with Gasteiger partial charge in [-0.3, -0.25) is 4.79 Å². The molecule has 5 N–H and O–H groups in total. The van der Waals surface area contributed by atoms with Crippen molar-refractivity contribution >= 4 is 17.9 Å². The molecule has 0 aromatic rings. The minimum Gasteiger partial charge on any atom is -0.480 e. The molecule has 0 rings (SSSR count). The van der Waals surface area contributed by atoms with Crippen LogP contribution in [0.15, 0.2) is 0 Å². The van der Waals surface area contributed by atoms with Crippen molar-refractivity contribution in [3.63, 3.8) is 0 Å². The van der Waals surface area contributed by atoms with E-state index in [1.54, 1.807) is 0 Å². The highest BCUT2D eigenvalue weighted by Gasteiger charge is 2.21. The van der Waals surface area contributed by atoms with Crippen molar-refractivity contribution in [2.24, 2.45) is 5.73 Å². The van der Waals surface area contributed by atoms with Crippen molar-refractivity contribution in [1.29, 1.82) is 0 Å². The van der Waals surface area contributed by atoms with Crippen LogP contribution >= 0.6 is 0 Å². The Morgan fingerprint density at radius 1 is 1.41 bits per heavy atom. The quantitative estimate of drug-likeness (QED) is 0.427. The predicted octanol–water partition coefficient (Wildman–Crippen LogP) is -1.66. The number of carboxylic acid groups (broad SMARTS) is 1. The molecule has 0 aliphatic heterocycles. The molecule has 0 heterocycles. The molecule has 8 heteroatoms. The number of aliphatic hydroxyl groups is 1. The summed E-state index contributed by atoms with van der Waals surface area (Å²) in [5, 5.41) is 19.6. The maximum atomic E-state index is 11.4. The van der Waals surface area contributed by atoms with Crippen LogP contribution in [0.1, 0.15) is 12.8 Å². The predicted molar refractivity (Wildman–Crippen MR) is 58.1 cm³/mol. The summed E-state index contributed by atoms with van der Waals surface area (Å²) in [5.74, 6) is -1.87. The van der Waals surface area contributed by atoms with Crippen molar-refractivity contribution in [2.75, 3.05) is 20.2 Å². The Labute approximate surface area is 98.4 Å². The smallest absolute Gasteiger partial charge is 0.326 e. The van der Waals surface area contributed by atoms with E-state index in [2.05, 4.69) is 5.32 Å². The lowest BCUT2D eigenvalue weighted by Gasteiger charge is -2.20. The molecular formula is C9H17N3O5. The van der Waals surface area contributed by atoms with Crippen LogP contribution in [-0.2, 0) is 9.59 Å². The van der Waals surface area contributed by atoms with Gasteiger partial charge in [0.25, 0.3) is 0 Å². The fraction of sp³-hybridized carbons (Fsp3) is 0.667. The number of likely N-dealkylation sites (N-methyl/N-ethyl adjacent to an activating group) is 1. The molecule has 0 bridgehead atoms. The molecule has 0 fully saturated rings. The molecule has 1 atom stereocenters. The van der Waals surface area contributed by atoms with Crippen molar-refractivity contribution < 1.29 is 24.6 Å². The topological polar surface area (TPSA) is 133 Å². The van der Waals surface area contributed by atoms with E-state index in [0.29, 0.717) is 0 Å². The summed E-state index contributed by atoms with van der Waals surface area (Å²) in [6.45, 7) is -0.128. The highest BCUT2D eigenvalue weighted by Crippen LogP contribution is 1.98. The molecule has 0 radical (unpaired) electrons. The lowest BCUT2D eigenvalue weighted by atomic mass is 10.1. The number of carboxylic acids is 1. The monoisotopic (exact) mass is 247 g/mol. The van der Waals surface area contributed by atoms with Gasteiger partial charge >= 0.3 is 12.0 Å². The normalized spacial score (nSPS) is 11.6. The zero-order valence-corrected chi connectivity index (χ0v) is 9.55. The minimum atomic E-state index is -1.24. The molecule has 17 heavy (non-hydrogen) atoms. The summed E-state index contributed by atoms with van der Waals surface area (Å²) in [7, 11) is 1.42. The van der Waals surface area contributed by atoms with E-state index in [4.69, 9.17) is 15.9 Å². The number of carbonyl (C=O) groups is 3. The van der Waals surface area contributed by atoms with E-state index in [0.717, 1.165) is 4.90 Å². The summed E-state index contributed by atoms with van der Waals surface area (Å²) in [5.41, 5.74) is 4.89. The number of nitrogens with zero attached hydrogens (tertiary/aromatic N) is 1. The van der Waals surface area contributed by atoms with Gasteiger partial charge in [0, 0.05) is 20.0 Å². The van der Waals surface area contributed by atoms with Crippen LogP contribution < -0.4 is 11.1 Å². The van der Waals surface area contributed by atoms with Gasteiger partial charge in [-0.2, -0.15) is 0 Å². The van der Waals surface area contributed by atoms with Gasteiger partial charge in [-0.05, 0) is 6.42 Å². The molecule has 98 valence electrons. The van der Waals surface area contributed by atoms with E-state index in [-0.39, 0.29) is 26.0 Å². The Hall–Kier alpha value is -1.83. The fourth-order valence-corrected chi connectivity index (χ4v) is 1.05. The molecule has 0 aromatic carbocycles. The Morgan fingerprint density at radius 2 is 2.00 bits per heavy atom. The van der Waals surface area contributed by atoms with E-state index < -0.39 is 23.9 Å². The van der Waals surface area contributed by atoms with Crippen molar-refractivity contribution in [3.05, 3.63) is 0 Å². The zero-order valence-electron chi connectivity index (χ0n) is 9.55. The molecule has 0 spiro atoms. The van der Waals surface area contributed by atoms with Crippen LogP contribution in [0.25, 0.3) is 0 Å². The molecule has 0 aliphatic rings. The van der Waals surface area contributed by atoms with Crippen LogP contribution in [0.4, 0.5) is 4.79 Å². The lowest BCUT2D eigenvalue weighted by Crippen LogP contribution is -2.47. The fourth-order valence-electron chi connectivity index (χ4n) is 1.05. The number of urea groups is 1.